The standard InChI is InChI=1S/C23H25N3O/c1-16-15-22(27)25-23(24-16)21-11-9-20(10-12-21)19-7-5-18(6-8-19)17(2)26-13-3-4-14-26/h5-12,15,17H,3-4,13-14H2,1-2H3,(H,24,25,27)/t17-/m1/s1. The molecule has 3 aromatic rings. The molecule has 138 valence electrons. The van der Waals surface area contributed by atoms with E-state index in [0.717, 1.165) is 16.8 Å². The molecule has 27 heavy (non-hydrogen) atoms. The molecule has 2 aromatic carbocycles. The maximum atomic E-state index is 11.7. The van der Waals surface area contributed by atoms with Gasteiger partial charge in [0.25, 0.3) is 5.56 Å². The second-order valence-electron chi connectivity index (χ2n) is 7.35. The molecule has 1 saturated heterocycles. The average Bonchev–Trinajstić information content (AvgIpc) is 3.22. The van der Waals surface area contributed by atoms with Gasteiger partial charge in [0, 0.05) is 23.4 Å². The van der Waals surface area contributed by atoms with Gasteiger partial charge in [0.2, 0.25) is 0 Å². The molecule has 0 spiro atoms. The zero-order valence-corrected chi connectivity index (χ0v) is 15.9. The highest BCUT2D eigenvalue weighted by atomic mass is 16.1. The van der Waals surface area contributed by atoms with Crippen molar-refractivity contribution in [2.75, 3.05) is 13.1 Å². The van der Waals surface area contributed by atoms with Crippen LogP contribution in [-0.2, 0) is 0 Å². The van der Waals surface area contributed by atoms with Crippen molar-refractivity contribution in [3.8, 4) is 22.5 Å². The number of H-pyrrole nitrogens is 1. The first kappa shape index (κ1) is 17.7. The van der Waals surface area contributed by atoms with Crippen molar-refractivity contribution >= 4 is 0 Å². The van der Waals surface area contributed by atoms with Crippen LogP contribution in [0.15, 0.2) is 59.4 Å². The molecule has 4 rings (SSSR count). The van der Waals surface area contributed by atoms with E-state index in [1.54, 1.807) is 0 Å². The zero-order valence-electron chi connectivity index (χ0n) is 15.9. The summed E-state index contributed by atoms with van der Waals surface area (Å²) >= 11 is 0. The summed E-state index contributed by atoms with van der Waals surface area (Å²) in [6.45, 7) is 6.54. The number of hydrogen-bond donors (Lipinski definition) is 1. The van der Waals surface area contributed by atoms with Gasteiger partial charge in [-0.25, -0.2) is 4.98 Å². The summed E-state index contributed by atoms with van der Waals surface area (Å²) in [6, 6.07) is 19.0. The molecule has 0 amide bonds. The molecule has 4 heteroatoms. The van der Waals surface area contributed by atoms with E-state index in [1.807, 2.05) is 19.1 Å². The van der Waals surface area contributed by atoms with Gasteiger partial charge in [-0.1, -0.05) is 48.5 Å². The largest absolute Gasteiger partial charge is 0.307 e. The Kier molecular flexibility index (Phi) is 4.90. The van der Waals surface area contributed by atoms with Gasteiger partial charge in [0.1, 0.15) is 5.82 Å². The van der Waals surface area contributed by atoms with Gasteiger partial charge >= 0.3 is 0 Å². The first-order valence-electron chi connectivity index (χ1n) is 9.63. The molecular weight excluding hydrogens is 334 g/mol. The van der Waals surface area contributed by atoms with Crippen molar-refractivity contribution in [2.24, 2.45) is 0 Å². The zero-order chi connectivity index (χ0) is 18.8. The van der Waals surface area contributed by atoms with Gasteiger partial charge in [-0.2, -0.15) is 0 Å². The topological polar surface area (TPSA) is 49.0 Å². The van der Waals surface area contributed by atoms with Crippen LogP contribution >= 0.6 is 0 Å². The van der Waals surface area contributed by atoms with Crippen LogP contribution in [0.1, 0.15) is 37.1 Å². The number of nitrogens with one attached hydrogen (secondary N) is 1. The molecular formula is C23H25N3O. The summed E-state index contributed by atoms with van der Waals surface area (Å²) in [5.41, 5.74) is 5.25. The average molecular weight is 359 g/mol. The van der Waals surface area contributed by atoms with Crippen molar-refractivity contribution in [3.63, 3.8) is 0 Å². The number of likely N-dealkylation sites (tertiary alicyclic amines) is 1. The number of rotatable bonds is 4. The lowest BCUT2D eigenvalue weighted by molar-refractivity contribution is 0.263. The summed E-state index contributed by atoms with van der Waals surface area (Å²) in [6.07, 6.45) is 2.63. The highest BCUT2D eigenvalue weighted by molar-refractivity contribution is 5.68. The minimum absolute atomic E-state index is 0.121. The summed E-state index contributed by atoms with van der Waals surface area (Å²) in [5.74, 6) is 0.612. The lowest BCUT2D eigenvalue weighted by atomic mass is 10.00. The van der Waals surface area contributed by atoms with Crippen LogP contribution in [0.2, 0.25) is 0 Å². The Balaban J connectivity index is 1.54. The molecule has 2 heterocycles. The third-order valence-electron chi connectivity index (χ3n) is 5.44. The van der Waals surface area contributed by atoms with Crippen LogP contribution in [0.4, 0.5) is 0 Å². The van der Waals surface area contributed by atoms with E-state index in [0.29, 0.717) is 11.9 Å². The summed E-state index contributed by atoms with van der Waals surface area (Å²) < 4.78 is 0. The summed E-state index contributed by atoms with van der Waals surface area (Å²) in [7, 11) is 0. The third-order valence-corrected chi connectivity index (χ3v) is 5.44. The maximum absolute atomic E-state index is 11.7. The van der Waals surface area contributed by atoms with E-state index in [1.165, 1.54) is 43.1 Å². The van der Waals surface area contributed by atoms with Crippen LogP contribution in [0, 0.1) is 6.92 Å². The predicted octanol–water partition coefficient (Wildman–Crippen LogP) is 4.57. The second kappa shape index (κ2) is 7.49. The normalized spacial score (nSPS) is 15.8. The molecule has 0 unspecified atom stereocenters. The highest BCUT2D eigenvalue weighted by Gasteiger charge is 2.19. The number of nitrogens with zero attached hydrogens (tertiary/aromatic N) is 2. The molecule has 1 atom stereocenters. The first-order chi connectivity index (χ1) is 13.1. The Morgan fingerprint density at radius 1 is 0.926 bits per heavy atom. The Morgan fingerprint density at radius 2 is 1.48 bits per heavy atom. The van der Waals surface area contributed by atoms with E-state index >= 15 is 0 Å². The summed E-state index contributed by atoms with van der Waals surface area (Å²) in [5, 5.41) is 0. The van der Waals surface area contributed by atoms with E-state index in [-0.39, 0.29) is 5.56 Å². The van der Waals surface area contributed by atoms with Crippen molar-refractivity contribution in [1.82, 2.24) is 14.9 Å². The van der Waals surface area contributed by atoms with Gasteiger partial charge in [-0.15, -0.1) is 0 Å². The van der Waals surface area contributed by atoms with Crippen LogP contribution in [0.5, 0.6) is 0 Å². The van der Waals surface area contributed by atoms with Crippen LogP contribution in [-0.4, -0.2) is 28.0 Å². The molecule has 1 fully saturated rings. The number of aromatic nitrogens is 2. The van der Waals surface area contributed by atoms with Crippen LogP contribution in [0.3, 0.4) is 0 Å². The number of hydrogen-bond acceptors (Lipinski definition) is 3. The molecule has 4 nitrogen and oxygen atoms in total. The van der Waals surface area contributed by atoms with Gasteiger partial charge in [-0.05, 0) is 56.5 Å². The molecule has 0 saturated carbocycles. The molecule has 1 aromatic heterocycles. The Hall–Kier alpha value is -2.72. The van der Waals surface area contributed by atoms with Gasteiger partial charge in [0.05, 0.1) is 0 Å². The molecule has 0 aliphatic carbocycles. The van der Waals surface area contributed by atoms with E-state index in [9.17, 15) is 4.79 Å². The van der Waals surface area contributed by atoms with Crippen molar-refractivity contribution < 1.29 is 0 Å². The molecule has 1 N–H and O–H groups in total. The highest BCUT2D eigenvalue weighted by Crippen LogP contribution is 2.28. The fraction of sp³-hybridized carbons (Fsp3) is 0.304. The smallest absolute Gasteiger partial charge is 0.251 e. The Morgan fingerprint density at radius 3 is 2.07 bits per heavy atom. The molecule has 0 radical (unpaired) electrons. The predicted molar refractivity (Wildman–Crippen MR) is 110 cm³/mol. The Bertz CT molecular complexity index is 968. The minimum Gasteiger partial charge on any atom is -0.307 e. The van der Waals surface area contributed by atoms with Crippen LogP contribution in [0.25, 0.3) is 22.5 Å². The van der Waals surface area contributed by atoms with Crippen molar-refractivity contribution in [1.29, 1.82) is 0 Å². The second-order valence-corrected chi connectivity index (χ2v) is 7.35. The summed E-state index contributed by atoms with van der Waals surface area (Å²) in [4.78, 5) is 21.4. The fourth-order valence-corrected chi connectivity index (χ4v) is 3.83. The van der Waals surface area contributed by atoms with Gasteiger partial charge < -0.3 is 4.98 Å². The van der Waals surface area contributed by atoms with Gasteiger partial charge in [0.15, 0.2) is 0 Å². The maximum Gasteiger partial charge on any atom is 0.251 e. The molecule has 0 bridgehead atoms. The van der Waals surface area contributed by atoms with Crippen LogP contribution < -0.4 is 5.56 Å². The van der Waals surface area contributed by atoms with E-state index < -0.39 is 0 Å². The lowest BCUT2D eigenvalue weighted by Crippen LogP contribution is -2.23. The third kappa shape index (κ3) is 3.86. The quantitative estimate of drug-likeness (QED) is 0.742. The molecule has 1 aliphatic rings. The SMILES string of the molecule is Cc1cc(=O)[nH]c(-c2ccc(-c3ccc([C@@H](C)N4CCCC4)cc3)cc2)n1. The van der Waals surface area contributed by atoms with Crippen molar-refractivity contribution in [3.05, 3.63) is 76.2 Å². The lowest BCUT2D eigenvalue weighted by Gasteiger charge is -2.24. The first-order valence-corrected chi connectivity index (χ1v) is 9.63. The molecule has 1 aliphatic heterocycles. The van der Waals surface area contributed by atoms with Gasteiger partial charge in [-0.3, -0.25) is 9.69 Å². The van der Waals surface area contributed by atoms with Crippen molar-refractivity contribution in [2.45, 2.75) is 32.7 Å². The number of aromatic amines is 1. The number of benzene rings is 2. The van der Waals surface area contributed by atoms with E-state index in [2.05, 4.69) is 58.2 Å². The monoisotopic (exact) mass is 359 g/mol. The number of aryl methyl sites for hydroxylation is 1. The minimum atomic E-state index is -0.121. The van der Waals surface area contributed by atoms with E-state index in [4.69, 9.17) is 0 Å². The Labute approximate surface area is 159 Å². The fourth-order valence-electron chi connectivity index (χ4n) is 3.83.